The lowest BCUT2D eigenvalue weighted by Crippen LogP contribution is -2.49. The van der Waals surface area contributed by atoms with Gasteiger partial charge in [0, 0.05) is 70.7 Å². The molecular formula is C37H46ClN11O3S. The number of carbonyl (C=O) groups excluding carboxylic acids is 2. The third-order valence-electron chi connectivity index (χ3n) is 11.2. The van der Waals surface area contributed by atoms with Crippen molar-refractivity contribution in [1.82, 2.24) is 39.3 Å². The van der Waals surface area contributed by atoms with Crippen LogP contribution < -0.4 is 20.4 Å². The zero-order valence-electron chi connectivity index (χ0n) is 30.0. The van der Waals surface area contributed by atoms with Crippen LogP contribution in [0.3, 0.4) is 0 Å². The van der Waals surface area contributed by atoms with Gasteiger partial charge in [-0.25, -0.2) is 23.3 Å². The van der Waals surface area contributed by atoms with E-state index in [1.807, 2.05) is 25.4 Å². The maximum Gasteiger partial charge on any atom is 0.329 e. The molecule has 1 unspecified atom stereocenters. The fraction of sp³-hybridized carbons (Fsp3) is 0.514. The molecule has 3 amide bonds. The molecule has 4 saturated heterocycles. The monoisotopic (exact) mass is 759 g/mol. The van der Waals surface area contributed by atoms with Gasteiger partial charge in [0.15, 0.2) is 5.82 Å². The van der Waals surface area contributed by atoms with Crippen molar-refractivity contribution in [3.05, 3.63) is 59.5 Å². The van der Waals surface area contributed by atoms with Crippen LogP contribution in [0.15, 0.2) is 53.8 Å². The second kappa shape index (κ2) is 15.7. The summed E-state index contributed by atoms with van der Waals surface area (Å²) in [7, 11) is 0.675. The molecule has 0 bridgehead atoms. The summed E-state index contributed by atoms with van der Waals surface area (Å²) in [5, 5.41) is 10.9. The summed E-state index contributed by atoms with van der Waals surface area (Å²) in [6.45, 7) is 7.07. The first kappa shape index (κ1) is 35.8. The van der Waals surface area contributed by atoms with Gasteiger partial charge in [-0.05, 0) is 93.3 Å². The molecular weight excluding hydrogens is 714 g/mol. The zero-order valence-corrected chi connectivity index (χ0v) is 31.6. The first-order valence-electron chi connectivity index (χ1n) is 18.7. The molecule has 4 aliphatic heterocycles. The van der Waals surface area contributed by atoms with Gasteiger partial charge in [0.2, 0.25) is 11.9 Å². The number of anilines is 3. The van der Waals surface area contributed by atoms with E-state index in [1.54, 1.807) is 17.1 Å². The summed E-state index contributed by atoms with van der Waals surface area (Å²) in [4.78, 5) is 44.8. The third kappa shape index (κ3) is 8.03. The molecule has 4 aliphatic rings. The molecule has 1 aromatic carbocycles. The average molecular weight is 760 g/mol. The summed E-state index contributed by atoms with van der Waals surface area (Å²) in [6.07, 6.45) is 11.6. The normalized spacial score (nSPS) is 20.9. The number of imide groups is 1. The van der Waals surface area contributed by atoms with Crippen molar-refractivity contribution in [3.8, 4) is 0 Å². The fourth-order valence-corrected chi connectivity index (χ4v) is 9.52. The standard InChI is InChI=1S/C37H46ClN11O3S/c1-45-32-19-27(21-39-34(32)35(44-45)49-18-11-33(50)43-37(49)51)26-7-12-46(13-8-26)24-25-5-14-47(15-6-25)30-3-2-4-31(20-30)53(52)48-16-9-29(10-17-48)42-36-40-22-28(38)23-41-36/h2-4,19-23,25-26,29H,5-18,24H2,1H3,(H,40,41,42)(H,43,50,51). The molecule has 14 nitrogen and oxygen atoms in total. The van der Waals surface area contributed by atoms with E-state index >= 15 is 0 Å². The van der Waals surface area contributed by atoms with Gasteiger partial charge >= 0.3 is 6.03 Å². The van der Waals surface area contributed by atoms with Crippen molar-refractivity contribution in [2.45, 2.75) is 61.8 Å². The Morgan fingerprint density at radius 3 is 2.40 bits per heavy atom. The van der Waals surface area contributed by atoms with E-state index in [-0.39, 0.29) is 18.4 Å². The van der Waals surface area contributed by atoms with E-state index in [4.69, 9.17) is 16.6 Å². The predicted octanol–water partition coefficient (Wildman–Crippen LogP) is 4.55. The maximum absolute atomic E-state index is 13.6. The number of amides is 3. The Labute approximate surface area is 316 Å². The lowest BCUT2D eigenvalue weighted by molar-refractivity contribution is -0.120. The van der Waals surface area contributed by atoms with Crippen LogP contribution in [-0.2, 0) is 22.8 Å². The van der Waals surface area contributed by atoms with Gasteiger partial charge in [-0.3, -0.25) is 24.7 Å². The summed E-state index contributed by atoms with van der Waals surface area (Å²) >= 11 is 5.91. The molecule has 1 atom stereocenters. The van der Waals surface area contributed by atoms with Crippen molar-refractivity contribution in [2.24, 2.45) is 13.0 Å². The highest BCUT2D eigenvalue weighted by Gasteiger charge is 2.31. The number of piperidine rings is 3. The second-order valence-corrected chi connectivity index (χ2v) is 16.6. The van der Waals surface area contributed by atoms with Crippen LogP contribution >= 0.6 is 11.6 Å². The molecule has 8 rings (SSSR count). The number of benzene rings is 1. The number of pyridine rings is 1. The Hall–Kier alpha value is -4.18. The molecule has 2 N–H and O–H groups in total. The number of aryl methyl sites for hydroxylation is 1. The van der Waals surface area contributed by atoms with E-state index < -0.39 is 17.0 Å². The van der Waals surface area contributed by atoms with E-state index in [2.05, 4.69) is 58.0 Å². The molecule has 0 spiro atoms. The molecule has 3 aromatic heterocycles. The number of hydrogen-bond acceptors (Lipinski definition) is 10. The fourth-order valence-electron chi connectivity index (χ4n) is 8.16. The van der Waals surface area contributed by atoms with Crippen molar-refractivity contribution in [2.75, 3.05) is 67.5 Å². The smallest absolute Gasteiger partial charge is 0.329 e. The summed E-state index contributed by atoms with van der Waals surface area (Å²) in [5.74, 6) is 1.91. The van der Waals surface area contributed by atoms with Crippen LogP contribution in [-0.4, -0.2) is 108 Å². The number of carbonyl (C=O) groups is 2. The quantitative estimate of drug-likeness (QED) is 0.249. The van der Waals surface area contributed by atoms with Crippen molar-refractivity contribution >= 4 is 63.0 Å². The molecule has 0 aliphatic carbocycles. The molecule has 0 radical (unpaired) electrons. The zero-order chi connectivity index (χ0) is 36.5. The number of likely N-dealkylation sites (tertiary alicyclic amines) is 1. The van der Waals surface area contributed by atoms with Gasteiger partial charge in [0.25, 0.3) is 0 Å². The number of halogens is 1. The van der Waals surface area contributed by atoms with Crippen LogP contribution in [0.25, 0.3) is 11.0 Å². The number of nitrogens with zero attached hydrogens (tertiary/aromatic N) is 9. The molecule has 16 heteroatoms. The van der Waals surface area contributed by atoms with Crippen LogP contribution in [0.5, 0.6) is 0 Å². The van der Waals surface area contributed by atoms with Gasteiger partial charge in [-0.2, -0.15) is 5.10 Å². The highest BCUT2D eigenvalue weighted by molar-refractivity contribution is 7.82. The molecule has 0 saturated carbocycles. The average Bonchev–Trinajstić information content (AvgIpc) is 3.51. The Balaban J connectivity index is 0.794. The lowest BCUT2D eigenvalue weighted by Gasteiger charge is -2.38. The van der Waals surface area contributed by atoms with Crippen LogP contribution in [0, 0.1) is 5.92 Å². The van der Waals surface area contributed by atoms with E-state index in [9.17, 15) is 13.8 Å². The van der Waals surface area contributed by atoms with Crippen LogP contribution in [0.2, 0.25) is 5.02 Å². The summed E-state index contributed by atoms with van der Waals surface area (Å²) in [6, 6.07) is 10.3. The van der Waals surface area contributed by atoms with Gasteiger partial charge in [0.05, 0.1) is 27.8 Å². The number of nitrogens with one attached hydrogen (secondary N) is 2. The van der Waals surface area contributed by atoms with E-state index in [0.717, 1.165) is 100 Å². The minimum atomic E-state index is -1.20. The molecule has 53 heavy (non-hydrogen) atoms. The maximum atomic E-state index is 13.6. The highest BCUT2D eigenvalue weighted by Crippen LogP contribution is 2.33. The summed E-state index contributed by atoms with van der Waals surface area (Å²) in [5.41, 5.74) is 3.95. The first-order valence-corrected chi connectivity index (χ1v) is 20.2. The Kier molecular flexibility index (Phi) is 10.6. The lowest BCUT2D eigenvalue weighted by atomic mass is 9.89. The molecule has 280 valence electrons. The second-order valence-electron chi connectivity index (χ2n) is 14.7. The Morgan fingerprint density at radius 1 is 0.906 bits per heavy atom. The first-order chi connectivity index (χ1) is 25.8. The number of aromatic nitrogens is 5. The Morgan fingerprint density at radius 2 is 1.66 bits per heavy atom. The minimum Gasteiger partial charge on any atom is -0.371 e. The Bertz CT molecular complexity index is 1970. The molecule has 7 heterocycles. The summed E-state index contributed by atoms with van der Waals surface area (Å²) < 4.78 is 17.5. The third-order valence-corrected chi connectivity index (χ3v) is 12.9. The molecule has 4 aromatic rings. The largest absolute Gasteiger partial charge is 0.371 e. The predicted molar refractivity (Wildman–Crippen MR) is 205 cm³/mol. The van der Waals surface area contributed by atoms with Crippen molar-refractivity contribution < 1.29 is 13.8 Å². The van der Waals surface area contributed by atoms with Crippen LogP contribution in [0.1, 0.15) is 56.4 Å². The number of urea groups is 1. The SMILES string of the molecule is Cn1nc(N2CCC(=O)NC2=O)c2ncc(C3CCN(CC4CCN(c5cccc(S(=O)N6CCC(Nc7ncc(Cl)cn7)CC6)c5)CC4)CC3)cc21. The highest BCUT2D eigenvalue weighted by atomic mass is 35.5. The van der Waals surface area contributed by atoms with E-state index in [0.29, 0.717) is 40.7 Å². The van der Waals surface area contributed by atoms with Crippen LogP contribution in [0.4, 0.5) is 22.2 Å². The minimum absolute atomic E-state index is 0.241. The van der Waals surface area contributed by atoms with Gasteiger partial charge in [0.1, 0.15) is 16.5 Å². The van der Waals surface area contributed by atoms with Gasteiger partial charge < -0.3 is 15.1 Å². The van der Waals surface area contributed by atoms with Gasteiger partial charge in [-0.15, -0.1) is 0 Å². The number of hydrogen-bond donors (Lipinski definition) is 2. The number of fused-ring (bicyclic) bond motifs is 1. The topological polar surface area (TPSA) is 145 Å². The van der Waals surface area contributed by atoms with Crippen molar-refractivity contribution in [3.63, 3.8) is 0 Å². The van der Waals surface area contributed by atoms with Crippen molar-refractivity contribution in [1.29, 1.82) is 0 Å². The van der Waals surface area contributed by atoms with E-state index in [1.165, 1.54) is 10.5 Å². The molecule has 4 fully saturated rings. The van der Waals surface area contributed by atoms with Gasteiger partial charge in [-0.1, -0.05) is 17.7 Å². The number of rotatable bonds is 9.